The average Bonchev–Trinajstić information content (AvgIpc) is 3.37. The summed E-state index contributed by atoms with van der Waals surface area (Å²) in [5, 5.41) is 8.11. The Labute approximate surface area is 234 Å². The molecule has 0 spiro atoms. The van der Waals surface area contributed by atoms with Crippen LogP contribution in [-0.2, 0) is 58.9 Å². The lowest BCUT2D eigenvalue weighted by molar-refractivity contribution is -0.310. The zero-order valence-corrected chi connectivity index (χ0v) is 23.1. The number of rotatable bonds is 11. The van der Waals surface area contributed by atoms with E-state index in [-0.39, 0.29) is 19.8 Å². The van der Waals surface area contributed by atoms with Gasteiger partial charge in [-0.2, -0.15) is 0 Å². The van der Waals surface area contributed by atoms with Crippen LogP contribution in [0.5, 0.6) is 0 Å². The first-order valence-electron chi connectivity index (χ1n) is 12.6. The highest BCUT2D eigenvalue weighted by Crippen LogP contribution is 2.30. The lowest BCUT2D eigenvalue weighted by Crippen LogP contribution is -2.62. The summed E-state index contributed by atoms with van der Waals surface area (Å²) >= 11 is 0. The minimum absolute atomic E-state index is 0.200. The average molecular weight is 578 g/mol. The van der Waals surface area contributed by atoms with Gasteiger partial charge in [-0.3, -0.25) is 19.2 Å². The van der Waals surface area contributed by atoms with Crippen LogP contribution < -0.4 is 0 Å². The summed E-state index contributed by atoms with van der Waals surface area (Å²) in [5.41, 5.74) is 1.32. The molecule has 1 saturated heterocycles. The Morgan fingerprint density at radius 2 is 1.44 bits per heavy atom. The van der Waals surface area contributed by atoms with Crippen molar-refractivity contribution >= 4 is 29.8 Å². The maximum Gasteiger partial charge on any atom is 0.338 e. The molecule has 0 N–H and O–H groups in total. The van der Waals surface area contributed by atoms with Crippen LogP contribution in [0.15, 0.2) is 30.5 Å². The summed E-state index contributed by atoms with van der Waals surface area (Å²) in [7, 11) is 0. The minimum Gasteiger partial charge on any atom is -0.463 e. The van der Waals surface area contributed by atoms with Crippen LogP contribution in [0.4, 0.5) is 0 Å². The van der Waals surface area contributed by atoms with Crippen LogP contribution in [0, 0.1) is 0 Å². The smallest absolute Gasteiger partial charge is 0.338 e. The van der Waals surface area contributed by atoms with E-state index in [1.54, 1.807) is 37.4 Å². The maximum atomic E-state index is 11.9. The molecule has 1 aliphatic rings. The largest absolute Gasteiger partial charge is 0.463 e. The molecule has 15 nitrogen and oxygen atoms in total. The lowest BCUT2D eigenvalue weighted by atomic mass is 9.98. The zero-order chi connectivity index (χ0) is 30.1. The molecule has 5 atom stereocenters. The first-order valence-corrected chi connectivity index (χ1v) is 12.6. The van der Waals surface area contributed by atoms with E-state index in [4.69, 9.17) is 33.2 Å². The number of esters is 5. The number of ether oxygens (including phenoxy) is 7. The second-order valence-corrected chi connectivity index (χ2v) is 8.80. The topological polar surface area (TPSA) is 181 Å². The van der Waals surface area contributed by atoms with Gasteiger partial charge in [0.25, 0.3) is 0 Å². The van der Waals surface area contributed by atoms with E-state index in [0.717, 1.165) is 20.8 Å². The molecule has 1 aromatic heterocycles. The molecule has 2 heterocycles. The molecule has 1 aromatic carbocycles. The summed E-state index contributed by atoms with van der Waals surface area (Å²) in [6, 6.07) is 6.49. The lowest BCUT2D eigenvalue weighted by Gasteiger charge is -2.43. The normalized spacial score (nSPS) is 21.8. The van der Waals surface area contributed by atoms with Crippen molar-refractivity contribution in [3.8, 4) is 5.69 Å². The molecule has 0 aliphatic carbocycles. The number of carbonyl (C=O) groups is 5. The van der Waals surface area contributed by atoms with Gasteiger partial charge in [0.2, 0.25) is 0 Å². The fourth-order valence-corrected chi connectivity index (χ4v) is 3.95. The van der Waals surface area contributed by atoms with Crippen LogP contribution >= 0.6 is 0 Å². The van der Waals surface area contributed by atoms with Gasteiger partial charge < -0.3 is 33.2 Å². The number of nitrogens with zero attached hydrogens (tertiary/aromatic N) is 3. The van der Waals surface area contributed by atoms with Crippen LogP contribution in [0.3, 0.4) is 0 Å². The van der Waals surface area contributed by atoms with Gasteiger partial charge in [-0.1, -0.05) is 5.21 Å². The van der Waals surface area contributed by atoms with Gasteiger partial charge in [0.1, 0.15) is 18.4 Å². The second kappa shape index (κ2) is 14.3. The molecule has 41 heavy (non-hydrogen) atoms. The van der Waals surface area contributed by atoms with Crippen molar-refractivity contribution in [1.82, 2.24) is 15.0 Å². The SMILES string of the molecule is CCOC(=O)c1ccc(-n2cc(CO[C@H]3O[C@H](COC(C)=O)[C@@H](OC(C)=O)[C@H](OC(C)=O)[C@@H]3OC(C)=O)nn2)cc1. The molecule has 0 unspecified atom stereocenters. The Morgan fingerprint density at radius 3 is 2.02 bits per heavy atom. The predicted octanol–water partition coefficient (Wildman–Crippen LogP) is 1.04. The third-order valence-electron chi connectivity index (χ3n) is 5.53. The molecular weight excluding hydrogens is 546 g/mol. The number of benzene rings is 1. The van der Waals surface area contributed by atoms with E-state index < -0.39 is 60.6 Å². The van der Waals surface area contributed by atoms with Crippen LogP contribution in [0.2, 0.25) is 0 Å². The van der Waals surface area contributed by atoms with Crippen molar-refractivity contribution in [3.63, 3.8) is 0 Å². The highest BCUT2D eigenvalue weighted by Gasteiger charge is 2.52. The van der Waals surface area contributed by atoms with Gasteiger partial charge in [0.05, 0.1) is 30.7 Å². The molecule has 222 valence electrons. The van der Waals surface area contributed by atoms with E-state index in [1.807, 2.05) is 0 Å². The summed E-state index contributed by atoms with van der Waals surface area (Å²) in [5.74, 6) is -3.33. The third kappa shape index (κ3) is 8.81. The van der Waals surface area contributed by atoms with Crippen LogP contribution in [0.25, 0.3) is 5.69 Å². The minimum atomic E-state index is -1.36. The summed E-state index contributed by atoms with van der Waals surface area (Å²) < 4.78 is 39.3. The molecule has 1 aliphatic heterocycles. The van der Waals surface area contributed by atoms with E-state index in [9.17, 15) is 24.0 Å². The predicted molar refractivity (Wildman–Crippen MR) is 134 cm³/mol. The van der Waals surface area contributed by atoms with Gasteiger partial charge in [-0.15, -0.1) is 5.10 Å². The monoisotopic (exact) mass is 577 g/mol. The highest BCUT2D eigenvalue weighted by atomic mass is 16.7. The third-order valence-corrected chi connectivity index (χ3v) is 5.53. The van der Waals surface area contributed by atoms with Crippen molar-refractivity contribution in [3.05, 3.63) is 41.7 Å². The van der Waals surface area contributed by atoms with Crippen LogP contribution in [0.1, 0.15) is 50.7 Å². The van der Waals surface area contributed by atoms with Crippen molar-refractivity contribution in [2.75, 3.05) is 13.2 Å². The number of hydrogen-bond donors (Lipinski definition) is 0. The highest BCUT2D eigenvalue weighted by molar-refractivity contribution is 5.89. The Balaban J connectivity index is 1.81. The molecule has 0 amide bonds. The van der Waals surface area contributed by atoms with Crippen molar-refractivity contribution < 1.29 is 57.1 Å². The van der Waals surface area contributed by atoms with Gasteiger partial charge in [0.15, 0.2) is 24.6 Å². The van der Waals surface area contributed by atoms with Crippen LogP contribution in [-0.4, -0.2) is 88.8 Å². The van der Waals surface area contributed by atoms with Crippen molar-refractivity contribution in [1.29, 1.82) is 0 Å². The van der Waals surface area contributed by atoms with E-state index in [1.165, 1.54) is 11.6 Å². The number of aromatic nitrogens is 3. The maximum absolute atomic E-state index is 11.9. The van der Waals surface area contributed by atoms with Gasteiger partial charge in [-0.25, -0.2) is 9.48 Å². The Kier molecular flexibility index (Phi) is 10.9. The summed E-state index contributed by atoms with van der Waals surface area (Å²) in [6.07, 6.45) is -4.95. The molecule has 0 bridgehead atoms. The van der Waals surface area contributed by atoms with E-state index >= 15 is 0 Å². The van der Waals surface area contributed by atoms with Gasteiger partial charge >= 0.3 is 29.8 Å². The summed E-state index contributed by atoms with van der Waals surface area (Å²) in [4.78, 5) is 59.1. The van der Waals surface area contributed by atoms with E-state index in [0.29, 0.717) is 16.9 Å². The zero-order valence-electron chi connectivity index (χ0n) is 23.1. The molecular formula is C26H31N3O12. The fourth-order valence-electron chi connectivity index (χ4n) is 3.95. The molecule has 0 saturated carbocycles. The quantitative estimate of drug-likeness (QED) is 0.273. The molecule has 15 heteroatoms. The van der Waals surface area contributed by atoms with E-state index in [2.05, 4.69) is 10.3 Å². The standard InChI is InChI=1S/C26H31N3O12/c1-6-35-25(34)18-7-9-20(10-8-18)29-11-19(27-28-29)12-37-26-24(40-17(5)33)23(39-16(4)32)22(38-15(3)31)21(41-26)13-36-14(2)30/h7-11,21-24,26H,6,12-13H2,1-5H3/t21-,22-,23+,24+,26+/m1/s1. The molecule has 2 aromatic rings. The Hall–Kier alpha value is -4.37. The van der Waals surface area contributed by atoms with Gasteiger partial charge in [0, 0.05) is 27.7 Å². The number of hydrogen-bond acceptors (Lipinski definition) is 14. The second-order valence-electron chi connectivity index (χ2n) is 8.80. The Bertz CT molecular complexity index is 1240. The fraction of sp³-hybridized carbons (Fsp3) is 0.500. The van der Waals surface area contributed by atoms with Crippen molar-refractivity contribution in [2.24, 2.45) is 0 Å². The molecule has 0 radical (unpaired) electrons. The Morgan fingerprint density at radius 1 is 0.829 bits per heavy atom. The molecule has 3 rings (SSSR count). The molecule has 1 fully saturated rings. The summed E-state index contributed by atoms with van der Waals surface area (Å²) in [6.45, 7) is 5.96. The number of carbonyl (C=O) groups excluding carboxylic acids is 5. The first-order chi connectivity index (χ1) is 19.5. The van der Waals surface area contributed by atoms with Gasteiger partial charge in [-0.05, 0) is 31.2 Å². The van der Waals surface area contributed by atoms with Crippen molar-refractivity contribution in [2.45, 2.75) is 71.9 Å². The first kappa shape index (κ1) is 31.2.